The zero-order valence-corrected chi connectivity index (χ0v) is 34.5. The number of hydrogen-bond donors (Lipinski definition) is 0. The number of halogens is 3. The van der Waals surface area contributed by atoms with Gasteiger partial charge in [0.1, 0.15) is 22.3 Å². The first-order valence-electron chi connectivity index (χ1n) is 21.3. The predicted molar refractivity (Wildman–Crippen MR) is 257 cm³/mol. The Hall–Kier alpha value is -8.54. The number of fused-ring (bicyclic) bond motifs is 14. The first-order valence-corrected chi connectivity index (χ1v) is 21.3. The van der Waals surface area contributed by atoms with Crippen molar-refractivity contribution in [2.45, 2.75) is 13.1 Å². The molecule has 0 fully saturated rings. The fourth-order valence-corrected chi connectivity index (χ4v) is 10.3. The molecule has 0 aliphatic carbocycles. The van der Waals surface area contributed by atoms with Gasteiger partial charge in [-0.3, -0.25) is 0 Å². The summed E-state index contributed by atoms with van der Waals surface area (Å²) in [5, 5.41) is 8.04. The van der Waals surface area contributed by atoms with Crippen LogP contribution in [-0.4, -0.2) is 9.13 Å². The van der Waals surface area contributed by atoms with E-state index in [0.717, 1.165) is 122 Å². The third-order valence-corrected chi connectivity index (χ3v) is 13.1. The summed E-state index contributed by atoms with van der Waals surface area (Å²) in [4.78, 5) is 3.94. The van der Waals surface area contributed by atoms with Gasteiger partial charge in [0.05, 0.1) is 56.3 Å². The lowest BCUT2D eigenvalue weighted by Crippen LogP contribution is -2.05. The molecular weight excluding hydrogens is 816 g/mol. The molecule has 9 aromatic carbocycles. The molecule has 8 heteroatoms. The summed E-state index contributed by atoms with van der Waals surface area (Å²) in [7, 11) is 0. The first-order chi connectivity index (χ1) is 31.7. The SMILES string of the molecule is [C-]#[N+]c1ccc(-n2c3ccccc3c3c4oc5ccccc5c4ccc32)c(-c2ccc(-c3ccc(C(F)(F)F)cc3C)cc2-n2c3ccccc3c3c4oc5ccccc5c4ccc32)c1. The van der Waals surface area contributed by atoms with Crippen LogP contribution in [0.3, 0.4) is 0 Å². The van der Waals surface area contributed by atoms with Gasteiger partial charge in [-0.2, -0.15) is 13.2 Å². The largest absolute Gasteiger partial charge is 0.455 e. The summed E-state index contributed by atoms with van der Waals surface area (Å²) in [5.41, 5.74) is 11.9. The van der Waals surface area contributed by atoms with E-state index in [9.17, 15) is 13.2 Å². The lowest BCUT2D eigenvalue weighted by atomic mass is 9.93. The maximum atomic E-state index is 14.0. The molecule has 0 aliphatic heterocycles. The summed E-state index contributed by atoms with van der Waals surface area (Å²) >= 11 is 0. The molecule has 0 radical (unpaired) electrons. The number of para-hydroxylation sites is 4. The summed E-state index contributed by atoms with van der Waals surface area (Å²) in [5.74, 6) is 0. The van der Waals surface area contributed by atoms with Crippen LogP contribution in [0.2, 0.25) is 0 Å². The Kier molecular flexibility index (Phi) is 7.68. The average Bonchev–Trinajstić information content (AvgIpc) is 4.08. The van der Waals surface area contributed by atoms with Crippen molar-refractivity contribution in [2.75, 3.05) is 0 Å². The molecule has 4 aromatic heterocycles. The van der Waals surface area contributed by atoms with E-state index in [1.54, 1.807) is 13.0 Å². The third kappa shape index (κ3) is 5.33. The second-order valence-electron chi connectivity index (χ2n) is 16.6. The summed E-state index contributed by atoms with van der Waals surface area (Å²) in [6.45, 7) is 9.94. The van der Waals surface area contributed by atoms with Crippen molar-refractivity contribution in [2.24, 2.45) is 0 Å². The fraction of sp³-hybridized carbons (Fsp3) is 0.0351. The zero-order chi connectivity index (χ0) is 43.7. The lowest BCUT2D eigenvalue weighted by Gasteiger charge is -2.20. The topological polar surface area (TPSA) is 40.5 Å². The predicted octanol–water partition coefficient (Wildman–Crippen LogP) is 16.9. The van der Waals surface area contributed by atoms with Gasteiger partial charge in [0, 0.05) is 37.9 Å². The first kappa shape index (κ1) is 37.1. The third-order valence-electron chi connectivity index (χ3n) is 13.1. The molecular formula is C57H32F3N3O2. The standard InChI is InChI=1S/C57H32F3N3O2/c1-32-29-34(57(58,59)60)20-23-36(32)33-19-22-37(50(30-33)63-46-16-8-4-14-43(46)54-49(63)28-25-41-39-12-6-10-18-52(39)65-56(41)54)44-31-35(61-2)21-26-47(44)62-45-15-7-3-13-42(45)53-48(62)27-24-40-38-11-5-9-17-51(38)64-55(40)53/h3-31H,1H3. The molecule has 0 bridgehead atoms. The molecule has 13 rings (SSSR count). The minimum atomic E-state index is -4.48. The van der Waals surface area contributed by atoms with Gasteiger partial charge >= 0.3 is 6.18 Å². The molecule has 0 atom stereocenters. The van der Waals surface area contributed by atoms with Gasteiger partial charge in [0.15, 0.2) is 5.69 Å². The molecule has 0 aliphatic rings. The van der Waals surface area contributed by atoms with Crippen LogP contribution in [0, 0.1) is 13.5 Å². The minimum Gasteiger partial charge on any atom is -0.455 e. The molecule has 0 spiro atoms. The second-order valence-corrected chi connectivity index (χ2v) is 16.6. The quantitative estimate of drug-likeness (QED) is 0.166. The van der Waals surface area contributed by atoms with Gasteiger partial charge < -0.3 is 18.0 Å². The zero-order valence-electron chi connectivity index (χ0n) is 34.5. The van der Waals surface area contributed by atoms with Crippen LogP contribution in [-0.2, 0) is 6.18 Å². The molecule has 0 N–H and O–H groups in total. The number of furan rings is 2. The van der Waals surface area contributed by atoms with E-state index in [4.69, 9.17) is 15.4 Å². The Labute approximate surface area is 368 Å². The van der Waals surface area contributed by atoms with E-state index in [0.29, 0.717) is 16.8 Å². The minimum absolute atomic E-state index is 0.462. The van der Waals surface area contributed by atoms with Crippen LogP contribution >= 0.6 is 0 Å². The molecule has 4 heterocycles. The van der Waals surface area contributed by atoms with Crippen molar-refractivity contribution in [3.05, 3.63) is 198 Å². The van der Waals surface area contributed by atoms with Crippen molar-refractivity contribution < 1.29 is 22.0 Å². The van der Waals surface area contributed by atoms with E-state index >= 15 is 0 Å². The van der Waals surface area contributed by atoms with Gasteiger partial charge in [-0.25, -0.2) is 4.85 Å². The molecule has 5 nitrogen and oxygen atoms in total. The van der Waals surface area contributed by atoms with E-state index in [-0.39, 0.29) is 0 Å². The van der Waals surface area contributed by atoms with Gasteiger partial charge in [-0.1, -0.05) is 97.1 Å². The van der Waals surface area contributed by atoms with Gasteiger partial charge in [0.2, 0.25) is 0 Å². The van der Waals surface area contributed by atoms with Crippen LogP contribution in [0.25, 0.3) is 126 Å². The molecule has 0 saturated carbocycles. The Morgan fingerprint density at radius 3 is 1.57 bits per heavy atom. The number of nitrogens with zero attached hydrogens (tertiary/aromatic N) is 3. The molecule has 65 heavy (non-hydrogen) atoms. The van der Waals surface area contributed by atoms with Crippen molar-refractivity contribution >= 4 is 93.2 Å². The van der Waals surface area contributed by atoms with Crippen LogP contribution in [0.1, 0.15) is 11.1 Å². The van der Waals surface area contributed by atoms with Gasteiger partial charge in [0.25, 0.3) is 0 Å². The highest BCUT2D eigenvalue weighted by atomic mass is 19.4. The highest BCUT2D eigenvalue weighted by Crippen LogP contribution is 2.47. The fourth-order valence-electron chi connectivity index (χ4n) is 10.3. The normalized spacial score (nSPS) is 12.3. The van der Waals surface area contributed by atoms with Crippen molar-refractivity contribution in [1.29, 1.82) is 0 Å². The van der Waals surface area contributed by atoms with Crippen LogP contribution in [0.5, 0.6) is 0 Å². The van der Waals surface area contributed by atoms with Crippen molar-refractivity contribution in [3.63, 3.8) is 0 Å². The molecule has 0 amide bonds. The number of aromatic nitrogens is 2. The van der Waals surface area contributed by atoms with Gasteiger partial charge in [-0.05, 0) is 108 Å². The van der Waals surface area contributed by atoms with E-state index < -0.39 is 11.7 Å². The molecule has 0 unspecified atom stereocenters. The smallest absolute Gasteiger partial charge is 0.416 e. The van der Waals surface area contributed by atoms with Crippen LogP contribution in [0.15, 0.2) is 185 Å². The maximum Gasteiger partial charge on any atom is 0.416 e. The average molecular weight is 848 g/mol. The van der Waals surface area contributed by atoms with Crippen molar-refractivity contribution in [3.8, 4) is 33.6 Å². The Balaban J connectivity index is 1.15. The molecule has 308 valence electrons. The van der Waals surface area contributed by atoms with Gasteiger partial charge in [-0.15, -0.1) is 0 Å². The van der Waals surface area contributed by atoms with Crippen LogP contribution in [0.4, 0.5) is 18.9 Å². The monoisotopic (exact) mass is 847 g/mol. The number of aryl methyl sites for hydroxylation is 1. The van der Waals surface area contributed by atoms with E-state index in [2.05, 4.69) is 80.7 Å². The number of hydrogen-bond acceptors (Lipinski definition) is 2. The maximum absolute atomic E-state index is 14.0. The number of alkyl halides is 3. The highest BCUT2D eigenvalue weighted by Gasteiger charge is 2.31. The molecule has 0 saturated heterocycles. The summed E-state index contributed by atoms with van der Waals surface area (Å²) in [6, 6.07) is 56.9. The Morgan fingerprint density at radius 1 is 0.462 bits per heavy atom. The molecule has 13 aromatic rings. The lowest BCUT2D eigenvalue weighted by molar-refractivity contribution is -0.137. The Bertz CT molecular complexity index is 4210. The highest BCUT2D eigenvalue weighted by molar-refractivity contribution is 6.25. The second kappa shape index (κ2) is 13.5. The number of rotatable bonds is 4. The van der Waals surface area contributed by atoms with Crippen LogP contribution < -0.4 is 0 Å². The van der Waals surface area contributed by atoms with E-state index in [1.165, 1.54) is 6.07 Å². The summed E-state index contributed by atoms with van der Waals surface area (Å²) in [6.07, 6.45) is -4.48. The summed E-state index contributed by atoms with van der Waals surface area (Å²) < 4.78 is 59.7. The Morgan fingerprint density at radius 2 is 1.00 bits per heavy atom. The van der Waals surface area contributed by atoms with Crippen molar-refractivity contribution in [1.82, 2.24) is 9.13 Å². The van der Waals surface area contributed by atoms with E-state index in [1.807, 2.05) is 91.0 Å². The number of benzene rings is 9.